The molecule has 0 heterocycles. The van der Waals surface area contributed by atoms with Gasteiger partial charge in [-0.05, 0) is 24.5 Å². The van der Waals surface area contributed by atoms with Gasteiger partial charge in [0.15, 0.2) is 0 Å². The summed E-state index contributed by atoms with van der Waals surface area (Å²) in [7, 11) is 0. The van der Waals surface area contributed by atoms with Gasteiger partial charge in [-0.3, -0.25) is 4.79 Å². The van der Waals surface area contributed by atoms with E-state index in [9.17, 15) is 4.79 Å². The van der Waals surface area contributed by atoms with Crippen LogP contribution in [0.25, 0.3) is 0 Å². The lowest BCUT2D eigenvalue weighted by molar-refractivity contribution is -0.138. The van der Waals surface area contributed by atoms with Crippen molar-refractivity contribution in [1.82, 2.24) is 5.32 Å². The molecule has 17 heavy (non-hydrogen) atoms. The van der Waals surface area contributed by atoms with E-state index in [1.165, 1.54) is 5.56 Å². The van der Waals surface area contributed by atoms with Crippen molar-refractivity contribution in [3.8, 4) is 0 Å². The predicted molar refractivity (Wildman–Crippen MR) is 67.8 cm³/mol. The fourth-order valence-corrected chi connectivity index (χ4v) is 1.55. The number of rotatable bonds is 6. The molecular formula is C13H20N2O2. The minimum atomic E-state index is -0.981. The zero-order valence-corrected chi connectivity index (χ0v) is 10.3. The third kappa shape index (κ3) is 4.17. The van der Waals surface area contributed by atoms with Crippen LogP contribution >= 0.6 is 0 Å². The maximum absolute atomic E-state index is 10.6. The van der Waals surface area contributed by atoms with Gasteiger partial charge in [-0.2, -0.15) is 0 Å². The van der Waals surface area contributed by atoms with Gasteiger partial charge >= 0.3 is 5.97 Å². The van der Waals surface area contributed by atoms with Gasteiger partial charge in [-0.15, -0.1) is 0 Å². The number of aryl methyl sites for hydroxylation is 1. The molecule has 0 aliphatic rings. The van der Waals surface area contributed by atoms with Crippen LogP contribution in [-0.4, -0.2) is 23.7 Å². The first kappa shape index (κ1) is 13.7. The summed E-state index contributed by atoms with van der Waals surface area (Å²) in [4.78, 5) is 10.6. The summed E-state index contributed by atoms with van der Waals surface area (Å²) < 4.78 is 0. The van der Waals surface area contributed by atoms with Gasteiger partial charge in [0, 0.05) is 12.6 Å². The lowest BCUT2D eigenvalue weighted by Gasteiger charge is -2.16. The van der Waals surface area contributed by atoms with E-state index >= 15 is 0 Å². The van der Waals surface area contributed by atoms with Crippen molar-refractivity contribution in [2.24, 2.45) is 5.73 Å². The minimum Gasteiger partial charge on any atom is -0.480 e. The van der Waals surface area contributed by atoms with Crippen LogP contribution in [0.4, 0.5) is 0 Å². The Morgan fingerprint density at radius 2 is 2.00 bits per heavy atom. The zero-order chi connectivity index (χ0) is 12.8. The molecular weight excluding hydrogens is 216 g/mol. The van der Waals surface area contributed by atoms with Gasteiger partial charge in [-0.25, -0.2) is 0 Å². The average molecular weight is 236 g/mol. The Morgan fingerprint density at radius 3 is 2.47 bits per heavy atom. The molecule has 2 unspecified atom stereocenters. The van der Waals surface area contributed by atoms with E-state index < -0.39 is 12.0 Å². The minimum absolute atomic E-state index is 0.103. The molecule has 2 atom stereocenters. The maximum atomic E-state index is 10.6. The first-order valence-electron chi connectivity index (χ1n) is 5.85. The molecule has 4 heteroatoms. The standard InChI is InChI=1S/C13H20N2O2/c1-3-10-4-6-11(7-5-10)9(2)15-8-12(14)13(16)17/h4-7,9,12,15H,3,8,14H2,1-2H3,(H,16,17). The van der Waals surface area contributed by atoms with Crippen LogP contribution < -0.4 is 11.1 Å². The largest absolute Gasteiger partial charge is 0.480 e. The molecule has 4 N–H and O–H groups in total. The SMILES string of the molecule is CCc1ccc(C(C)NCC(N)C(=O)O)cc1. The Morgan fingerprint density at radius 1 is 1.41 bits per heavy atom. The summed E-state index contributed by atoms with van der Waals surface area (Å²) in [6.45, 7) is 4.38. The lowest BCUT2D eigenvalue weighted by atomic mass is 10.0. The van der Waals surface area contributed by atoms with Crippen LogP contribution in [0.5, 0.6) is 0 Å². The first-order chi connectivity index (χ1) is 8.04. The van der Waals surface area contributed by atoms with Crippen molar-refractivity contribution in [3.05, 3.63) is 35.4 Å². The monoisotopic (exact) mass is 236 g/mol. The Balaban J connectivity index is 2.51. The van der Waals surface area contributed by atoms with E-state index in [-0.39, 0.29) is 12.6 Å². The Labute approximate surface area is 102 Å². The average Bonchev–Trinajstić information content (AvgIpc) is 2.35. The second-order valence-electron chi connectivity index (χ2n) is 4.17. The molecule has 0 radical (unpaired) electrons. The first-order valence-corrected chi connectivity index (χ1v) is 5.85. The van der Waals surface area contributed by atoms with E-state index in [2.05, 4.69) is 36.5 Å². The number of hydrogen-bond acceptors (Lipinski definition) is 3. The Kier molecular flexibility index (Phi) is 5.12. The van der Waals surface area contributed by atoms with E-state index in [0.717, 1.165) is 12.0 Å². The van der Waals surface area contributed by atoms with Crippen molar-refractivity contribution in [2.75, 3.05) is 6.54 Å². The number of hydrogen-bond donors (Lipinski definition) is 3. The molecule has 0 fully saturated rings. The molecule has 0 aliphatic heterocycles. The molecule has 0 aromatic heterocycles. The van der Waals surface area contributed by atoms with Gasteiger partial charge in [-0.1, -0.05) is 31.2 Å². The second kappa shape index (κ2) is 6.37. The fourth-order valence-electron chi connectivity index (χ4n) is 1.55. The summed E-state index contributed by atoms with van der Waals surface area (Å²) >= 11 is 0. The summed E-state index contributed by atoms with van der Waals surface area (Å²) in [5.41, 5.74) is 7.86. The van der Waals surface area contributed by atoms with Crippen LogP contribution in [0.3, 0.4) is 0 Å². The molecule has 0 saturated carbocycles. The van der Waals surface area contributed by atoms with Crippen molar-refractivity contribution >= 4 is 5.97 Å². The van der Waals surface area contributed by atoms with Crippen molar-refractivity contribution in [1.29, 1.82) is 0 Å². The highest BCUT2D eigenvalue weighted by Crippen LogP contribution is 2.13. The topological polar surface area (TPSA) is 75.3 Å². The third-order valence-corrected chi connectivity index (χ3v) is 2.85. The number of carboxylic acids is 1. The molecule has 0 spiro atoms. The molecule has 1 rings (SSSR count). The molecule has 0 saturated heterocycles. The number of carboxylic acid groups (broad SMARTS) is 1. The van der Waals surface area contributed by atoms with E-state index in [0.29, 0.717) is 0 Å². The van der Waals surface area contributed by atoms with Gasteiger partial charge in [0.05, 0.1) is 0 Å². The molecule has 1 aromatic rings. The van der Waals surface area contributed by atoms with Gasteiger partial charge in [0.1, 0.15) is 6.04 Å². The summed E-state index contributed by atoms with van der Waals surface area (Å²) in [6.07, 6.45) is 1.02. The van der Waals surface area contributed by atoms with Crippen molar-refractivity contribution in [2.45, 2.75) is 32.4 Å². The maximum Gasteiger partial charge on any atom is 0.321 e. The highest BCUT2D eigenvalue weighted by molar-refractivity contribution is 5.73. The van der Waals surface area contributed by atoms with Crippen molar-refractivity contribution < 1.29 is 9.90 Å². The van der Waals surface area contributed by atoms with Crippen molar-refractivity contribution in [3.63, 3.8) is 0 Å². The third-order valence-electron chi connectivity index (χ3n) is 2.85. The van der Waals surface area contributed by atoms with Gasteiger partial charge in [0.25, 0.3) is 0 Å². The number of carbonyl (C=O) groups is 1. The molecule has 4 nitrogen and oxygen atoms in total. The smallest absolute Gasteiger partial charge is 0.321 e. The van der Waals surface area contributed by atoms with E-state index in [1.807, 2.05) is 6.92 Å². The van der Waals surface area contributed by atoms with Crippen LogP contribution in [0.2, 0.25) is 0 Å². The molecule has 94 valence electrons. The lowest BCUT2D eigenvalue weighted by Crippen LogP contribution is -2.41. The molecule has 0 aliphatic carbocycles. The second-order valence-corrected chi connectivity index (χ2v) is 4.17. The van der Waals surface area contributed by atoms with Crippen LogP contribution in [-0.2, 0) is 11.2 Å². The predicted octanol–water partition coefficient (Wildman–Crippen LogP) is 1.31. The highest BCUT2D eigenvalue weighted by Gasteiger charge is 2.13. The summed E-state index contributed by atoms with van der Waals surface area (Å²) in [6, 6.07) is 7.54. The van der Waals surface area contributed by atoms with Crippen LogP contribution in [0.15, 0.2) is 24.3 Å². The number of nitrogens with two attached hydrogens (primary N) is 1. The highest BCUT2D eigenvalue weighted by atomic mass is 16.4. The summed E-state index contributed by atoms with van der Waals surface area (Å²) in [5.74, 6) is -0.981. The number of aliphatic carboxylic acids is 1. The number of benzene rings is 1. The van der Waals surface area contributed by atoms with E-state index in [4.69, 9.17) is 10.8 Å². The Hall–Kier alpha value is -1.39. The van der Waals surface area contributed by atoms with Crippen LogP contribution in [0.1, 0.15) is 31.0 Å². The van der Waals surface area contributed by atoms with Gasteiger partial charge < -0.3 is 16.2 Å². The van der Waals surface area contributed by atoms with E-state index in [1.54, 1.807) is 0 Å². The van der Waals surface area contributed by atoms with Crippen LogP contribution in [0, 0.1) is 0 Å². The summed E-state index contributed by atoms with van der Waals surface area (Å²) in [5, 5.41) is 11.8. The molecule has 0 bridgehead atoms. The molecule has 0 amide bonds. The Bertz CT molecular complexity index is 362. The zero-order valence-electron chi connectivity index (χ0n) is 10.3. The van der Waals surface area contributed by atoms with Gasteiger partial charge in [0.2, 0.25) is 0 Å². The fraction of sp³-hybridized carbons (Fsp3) is 0.462. The normalized spacial score (nSPS) is 14.3. The number of nitrogens with one attached hydrogen (secondary N) is 1. The quantitative estimate of drug-likeness (QED) is 0.696. The molecule has 1 aromatic carbocycles.